The van der Waals surface area contributed by atoms with Crippen LogP contribution in [0.4, 0.5) is 0 Å². The second-order valence-corrected chi connectivity index (χ2v) is 5.16. The number of aromatic nitrogens is 4. The number of hydrogen-bond acceptors (Lipinski definition) is 4. The van der Waals surface area contributed by atoms with E-state index in [0.717, 1.165) is 15.6 Å². The fourth-order valence-corrected chi connectivity index (χ4v) is 2.26. The molecule has 22 heavy (non-hydrogen) atoms. The molecule has 0 saturated heterocycles. The lowest BCUT2D eigenvalue weighted by molar-refractivity contribution is 0.0684. The highest BCUT2D eigenvalue weighted by Gasteiger charge is 2.16. The molecule has 0 unspecified atom stereocenters. The zero-order chi connectivity index (χ0) is 15.9. The van der Waals surface area contributed by atoms with Gasteiger partial charge in [0.05, 0.1) is 5.69 Å². The first kappa shape index (κ1) is 14.0. The molecular formula is C15H14N4O3. The van der Waals surface area contributed by atoms with Gasteiger partial charge in [0.15, 0.2) is 0 Å². The quantitative estimate of drug-likeness (QED) is 0.759. The second-order valence-electron chi connectivity index (χ2n) is 5.16. The fourth-order valence-electron chi connectivity index (χ4n) is 2.26. The summed E-state index contributed by atoms with van der Waals surface area (Å²) < 4.78 is 1.07. The lowest BCUT2D eigenvalue weighted by atomic mass is 10.0. The molecule has 7 nitrogen and oxygen atoms in total. The molecule has 0 fully saturated rings. The molecule has 112 valence electrons. The van der Waals surface area contributed by atoms with Crippen LogP contribution in [-0.4, -0.2) is 30.7 Å². The Kier molecular flexibility index (Phi) is 3.25. The van der Waals surface area contributed by atoms with Crippen molar-refractivity contribution in [1.29, 1.82) is 0 Å². The van der Waals surface area contributed by atoms with E-state index in [1.807, 2.05) is 31.2 Å². The number of benzene rings is 1. The molecular weight excluding hydrogens is 284 g/mol. The number of hydrogen-bond donors (Lipinski definition) is 2. The van der Waals surface area contributed by atoms with Crippen LogP contribution in [0, 0.1) is 13.8 Å². The van der Waals surface area contributed by atoms with Crippen molar-refractivity contribution in [1.82, 2.24) is 19.6 Å². The summed E-state index contributed by atoms with van der Waals surface area (Å²) in [6, 6.07) is 7.87. The van der Waals surface area contributed by atoms with Crippen molar-refractivity contribution < 1.29 is 9.90 Å². The van der Waals surface area contributed by atoms with Crippen LogP contribution < -0.4 is 5.56 Å². The van der Waals surface area contributed by atoms with Gasteiger partial charge in [-0.3, -0.25) is 9.89 Å². The minimum atomic E-state index is -1.23. The van der Waals surface area contributed by atoms with Crippen molar-refractivity contribution in [3.8, 4) is 0 Å². The van der Waals surface area contributed by atoms with Gasteiger partial charge in [-0.25, -0.2) is 9.78 Å². The van der Waals surface area contributed by atoms with E-state index in [2.05, 4.69) is 15.1 Å². The highest BCUT2D eigenvalue weighted by atomic mass is 16.4. The van der Waals surface area contributed by atoms with Gasteiger partial charge in [0, 0.05) is 12.0 Å². The van der Waals surface area contributed by atoms with Crippen molar-refractivity contribution in [2.24, 2.45) is 0 Å². The molecule has 0 amide bonds. The molecule has 0 aliphatic carbocycles. The maximum absolute atomic E-state index is 12.5. The highest BCUT2D eigenvalue weighted by molar-refractivity contribution is 5.83. The van der Waals surface area contributed by atoms with Crippen molar-refractivity contribution in [3.05, 3.63) is 62.8 Å². The first-order valence-electron chi connectivity index (χ1n) is 6.73. The van der Waals surface area contributed by atoms with Gasteiger partial charge in [-0.05, 0) is 19.4 Å². The van der Waals surface area contributed by atoms with Gasteiger partial charge in [-0.15, -0.1) is 0 Å². The summed E-state index contributed by atoms with van der Waals surface area (Å²) in [6.45, 7) is 3.72. The molecule has 2 heterocycles. The number of fused-ring (bicyclic) bond motifs is 1. The summed E-state index contributed by atoms with van der Waals surface area (Å²) in [5.74, 6) is -1.48. The average Bonchev–Trinajstić information content (AvgIpc) is 2.90. The Bertz CT molecular complexity index is 922. The number of aromatic amines is 1. The number of aryl methyl sites for hydroxylation is 2. The highest BCUT2D eigenvalue weighted by Crippen LogP contribution is 2.11. The topological polar surface area (TPSA) is 100 Å². The van der Waals surface area contributed by atoms with E-state index in [0.29, 0.717) is 17.7 Å². The van der Waals surface area contributed by atoms with Crippen LogP contribution in [0.3, 0.4) is 0 Å². The smallest absolute Gasteiger partial charge is 0.373 e. The molecule has 0 bridgehead atoms. The number of nitrogens with one attached hydrogen (secondary N) is 1. The van der Waals surface area contributed by atoms with Gasteiger partial charge in [0.25, 0.3) is 11.3 Å². The van der Waals surface area contributed by atoms with E-state index in [1.54, 1.807) is 6.92 Å². The lowest BCUT2D eigenvalue weighted by Gasteiger charge is -2.05. The molecule has 0 saturated carbocycles. The van der Waals surface area contributed by atoms with E-state index < -0.39 is 5.97 Å². The van der Waals surface area contributed by atoms with E-state index in [-0.39, 0.29) is 17.2 Å². The number of carboxylic acid groups (broad SMARTS) is 1. The van der Waals surface area contributed by atoms with Crippen LogP contribution >= 0.6 is 0 Å². The summed E-state index contributed by atoms with van der Waals surface area (Å²) >= 11 is 0. The monoisotopic (exact) mass is 298 g/mol. The minimum Gasteiger partial charge on any atom is -0.475 e. The van der Waals surface area contributed by atoms with Crippen LogP contribution in [-0.2, 0) is 6.42 Å². The Hall–Kier alpha value is -2.96. The minimum absolute atomic E-state index is 0.0626. The summed E-state index contributed by atoms with van der Waals surface area (Å²) in [5, 5.41) is 11.4. The number of aromatic carboxylic acids is 1. The summed E-state index contributed by atoms with van der Waals surface area (Å²) in [5.41, 5.74) is 2.87. The molecule has 0 radical (unpaired) electrons. The van der Waals surface area contributed by atoms with E-state index >= 15 is 0 Å². The third kappa shape index (κ3) is 2.37. The Balaban J connectivity index is 2.11. The van der Waals surface area contributed by atoms with Gasteiger partial charge in [0.2, 0.25) is 5.82 Å². The van der Waals surface area contributed by atoms with Crippen molar-refractivity contribution >= 4 is 11.7 Å². The third-order valence-electron chi connectivity index (χ3n) is 3.50. The van der Waals surface area contributed by atoms with Crippen molar-refractivity contribution in [2.75, 3.05) is 0 Å². The second kappa shape index (κ2) is 5.10. The zero-order valence-electron chi connectivity index (χ0n) is 12.1. The van der Waals surface area contributed by atoms with E-state index in [9.17, 15) is 9.59 Å². The molecule has 2 aromatic heterocycles. The zero-order valence-corrected chi connectivity index (χ0v) is 12.1. The Morgan fingerprint density at radius 1 is 1.23 bits per heavy atom. The summed E-state index contributed by atoms with van der Waals surface area (Å²) in [4.78, 5) is 31.5. The third-order valence-corrected chi connectivity index (χ3v) is 3.50. The standard InChI is InChI=1S/C15H14N4O3/c1-8-3-5-10(6-4-8)7-11-9(2)16-15-17-12(14(21)22)18-19(15)13(11)20/h3-6H,7H2,1-2H3,(H,21,22)(H,16,17,18). The van der Waals surface area contributed by atoms with E-state index in [4.69, 9.17) is 5.11 Å². The molecule has 3 aromatic rings. The number of carbonyl (C=O) groups is 1. The molecule has 3 rings (SSSR count). The number of H-pyrrole nitrogens is 1. The normalized spacial score (nSPS) is 11.0. The maximum Gasteiger partial charge on any atom is 0.373 e. The molecule has 2 N–H and O–H groups in total. The number of carboxylic acids is 1. The predicted molar refractivity (Wildman–Crippen MR) is 79.3 cm³/mol. The van der Waals surface area contributed by atoms with E-state index in [1.165, 1.54) is 0 Å². The van der Waals surface area contributed by atoms with Gasteiger partial charge in [0.1, 0.15) is 0 Å². The van der Waals surface area contributed by atoms with Crippen molar-refractivity contribution in [2.45, 2.75) is 20.3 Å². The molecule has 1 aromatic carbocycles. The summed E-state index contributed by atoms with van der Waals surface area (Å²) in [7, 11) is 0. The van der Waals surface area contributed by atoms with Crippen molar-refractivity contribution in [3.63, 3.8) is 0 Å². The molecule has 7 heteroatoms. The molecule has 0 aliphatic rings. The molecule has 0 spiro atoms. The van der Waals surface area contributed by atoms with Gasteiger partial charge in [-0.1, -0.05) is 29.8 Å². The van der Waals surface area contributed by atoms with Crippen LogP contribution in [0.25, 0.3) is 5.78 Å². The number of rotatable bonds is 3. The van der Waals surface area contributed by atoms with Gasteiger partial charge >= 0.3 is 5.97 Å². The van der Waals surface area contributed by atoms with Crippen LogP contribution in [0.2, 0.25) is 0 Å². The first-order valence-corrected chi connectivity index (χ1v) is 6.73. The average molecular weight is 298 g/mol. The Morgan fingerprint density at radius 3 is 2.55 bits per heavy atom. The SMILES string of the molecule is Cc1ccc(Cc2c(C)nc3nc(C(=O)O)[nH]n3c2=O)cc1. The molecule has 0 aliphatic heterocycles. The van der Waals surface area contributed by atoms with Crippen LogP contribution in [0.5, 0.6) is 0 Å². The lowest BCUT2D eigenvalue weighted by Crippen LogP contribution is -2.22. The van der Waals surface area contributed by atoms with Gasteiger partial charge in [-0.2, -0.15) is 9.50 Å². The maximum atomic E-state index is 12.5. The first-order chi connectivity index (χ1) is 10.5. The Labute approximate surface area is 125 Å². The summed E-state index contributed by atoms with van der Waals surface area (Å²) in [6.07, 6.45) is 0.433. The molecule has 0 atom stereocenters. The van der Waals surface area contributed by atoms with Crippen LogP contribution in [0.1, 0.15) is 33.0 Å². The number of nitrogens with zero attached hydrogens (tertiary/aromatic N) is 3. The predicted octanol–water partition coefficient (Wildman–Crippen LogP) is 1.32. The van der Waals surface area contributed by atoms with Crippen LogP contribution in [0.15, 0.2) is 29.1 Å². The van der Waals surface area contributed by atoms with Gasteiger partial charge < -0.3 is 5.11 Å². The Morgan fingerprint density at radius 2 is 1.91 bits per heavy atom. The largest absolute Gasteiger partial charge is 0.475 e. The fraction of sp³-hybridized carbons (Fsp3) is 0.200.